The number of amides is 1. The van der Waals surface area contributed by atoms with Gasteiger partial charge in [-0.25, -0.2) is 9.48 Å². The lowest BCUT2D eigenvalue weighted by Crippen LogP contribution is -2.42. The van der Waals surface area contributed by atoms with E-state index in [1.165, 1.54) is 6.08 Å². The Morgan fingerprint density at radius 1 is 1.03 bits per heavy atom. The highest BCUT2D eigenvalue weighted by Gasteiger charge is 2.27. The second kappa shape index (κ2) is 10.0. The van der Waals surface area contributed by atoms with E-state index in [-0.39, 0.29) is 12.3 Å². The molecule has 0 radical (unpaired) electrons. The van der Waals surface area contributed by atoms with Gasteiger partial charge in [-0.2, -0.15) is 0 Å². The van der Waals surface area contributed by atoms with Crippen LogP contribution in [0.3, 0.4) is 0 Å². The number of benzene rings is 2. The van der Waals surface area contributed by atoms with Gasteiger partial charge in [-0.15, -0.1) is 5.10 Å². The average Bonchev–Trinajstić information content (AvgIpc) is 3.25. The number of hydrogen-bond acceptors (Lipinski definition) is 5. The van der Waals surface area contributed by atoms with Crippen molar-refractivity contribution in [2.45, 2.75) is 59.1 Å². The molecule has 0 aliphatic rings. The van der Waals surface area contributed by atoms with Crippen LogP contribution in [0.4, 0.5) is 0 Å². The third kappa shape index (κ3) is 6.63. The Balaban J connectivity index is 1.73. The summed E-state index contributed by atoms with van der Waals surface area (Å²) < 4.78 is 7.02. The molecule has 3 aromatic rings. The molecular formula is C27H32N4O3. The Morgan fingerprint density at radius 3 is 2.41 bits per heavy atom. The molecule has 7 heteroatoms. The molecule has 0 aliphatic carbocycles. The lowest BCUT2D eigenvalue weighted by Gasteiger charge is -2.24. The highest BCUT2D eigenvalue weighted by atomic mass is 16.6. The van der Waals surface area contributed by atoms with Crippen molar-refractivity contribution in [2.24, 2.45) is 0 Å². The average molecular weight is 461 g/mol. The summed E-state index contributed by atoms with van der Waals surface area (Å²) in [7, 11) is 0. The van der Waals surface area contributed by atoms with Gasteiger partial charge in [0.05, 0.1) is 23.8 Å². The number of esters is 1. The maximum Gasteiger partial charge on any atom is 0.331 e. The van der Waals surface area contributed by atoms with Gasteiger partial charge in [0.25, 0.3) is 0 Å². The number of nitrogens with one attached hydrogen (secondary N) is 1. The fourth-order valence-corrected chi connectivity index (χ4v) is 3.49. The summed E-state index contributed by atoms with van der Waals surface area (Å²) in [4.78, 5) is 25.1. The van der Waals surface area contributed by atoms with Gasteiger partial charge < -0.3 is 10.1 Å². The molecule has 0 atom stereocenters. The van der Waals surface area contributed by atoms with Crippen molar-refractivity contribution in [1.82, 2.24) is 20.3 Å². The van der Waals surface area contributed by atoms with E-state index >= 15 is 0 Å². The van der Waals surface area contributed by atoms with Crippen molar-refractivity contribution in [3.05, 3.63) is 83.2 Å². The van der Waals surface area contributed by atoms with Crippen LogP contribution in [0.25, 0.3) is 11.8 Å². The zero-order chi connectivity index (χ0) is 24.9. The van der Waals surface area contributed by atoms with Crippen LogP contribution in [-0.2, 0) is 26.3 Å². The minimum Gasteiger partial charge on any atom is -0.457 e. The molecule has 1 N–H and O–H groups in total. The van der Waals surface area contributed by atoms with Crippen molar-refractivity contribution in [2.75, 3.05) is 0 Å². The summed E-state index contributed by atoms with van der Waals surface area (Å²) >= 11 is 0. The van der Waals surface area contributed by atoms with E-state index < -0.39 is 17.1 Å². The van der Waals surface area contributed by atoms with Gasteiger partial charge in [0.15, 0.2) is 0 Å². The summed E-state index contributed by atoms with van der Waals surface area (Å²) in [6.07, 6.45) is 5.07. The molecule has 3 rings (SSSR count). The van der Waals surface area contributed by atoms with Crippen molar-refractivity contribution in [3.8, 4) is 5.69 Å². The largest absolute Gasteiger partial charge is 0.457 e. The first-order chi connectivity index (χ1) is 15.9. The molecule has 1 heterocycles. The lowest BCUT2D eigenvalue weighted by molar-refractivity contribution is -0.148. The predicted molar refractivity (Wildman–Crippen MR) is 132 cm³/mol. The van der Waals surface area contributed by atoms with Gasteiger partial charge in [-0.05, 0) is 76.4 Å². The monoisotopic (exact) mass is 460 g/mol. The van der Waals surface area contributed by atoms with E-state index in [0.717, 1.165) is 22.4 Å². The normalized spacial score (nSPS) is 12.1. The van der Waals surface area contributed by atoms with Crippen molar-refractivity contribution >= 4 is 18.0 Å². The second-order valence-corrected chi connectivity index (χ2v) is 9.74. The minimum atomic E-state index is -0.723. The molecule has 0 unspecified atom stereocenters. The first kappa shape index (κ1) is 24.9. The molecular weight excluding hydrogens is 428 g/mol. The molecule has 0 aliphatic heterocycles. The predicted octanol–water partition coefficient (Wildman–Crippen LogP) is 4.52. The summed E-state index contributed by atoms with van der Waals surface area (Å²) in [5, 5.41) is 11.5. The zero-order valence-electron chi connectivity index (χ0n) is 20.6. The number of aryl methyl sites for hydroxylation is 1. The number of rotatable bonds is 7. The van der Waals surface area contributed by atoms with Crippen molar-refractivity contribution in [1.29, 1.82) is 0 Å². The summed E-state index contributed by atoms with van der Waals surface area (Å²) in [6, 6.07) is 15.4. The van der Waals surface area contributed by atoms with E-state index in [0.29, 0.717) is 5.69 Å². The second-order valence-electron chi connectivity index (χ2n) is 9.74. The Hall–Kier alpha value is -3.74. The van der Waals surface area contributed by atoms with Gasteiger partial charge in [-0.1, -0.05) is 41.6 Å². The number of nitrogens with zero attached hydrogens (tertiary/aromatic N) is 3. The van der Waals surface area contributed by atoms with Gasteiger partial charge in [-0.3, -0.25) is 4.79 Å². The van der Waals surface area contributed by atoms with E-state index in [9.17, 15) is 9.59 Å². The molecule has 0 spiro atoms. The zero-order valence-corrected chi connectivity index (χ0v) is 20.6. The maximum absolute atomic E-state index is 13.0. The van der Waals surface area contributed by atoms with Crippen LogP contribution in [0, 0.1) is 6.92 Å². The van der Waals surface area contributed by atoms with Crippen LogP contribution >= 0.6 is 0 Å². The van der Waals surface area contributed by atoms with Crippen LogP contribution in [0.2, 0.25) is 0 Å². The highest BCUT2D eigenvalue weighted by Crippen LogP contribution is 2.21. The Morgan fingerprint density at radius 2 is 1.74 bits per heavy atom. The molecule has 0 bridgehead atoms. The number of carbonyl (C=O) groups excluding carboxylic acids is 2. The van der Waals surface area contributed by atoms with Gasteiger partial charge in [0.2, 0.25) is 5.91 Å². The minimum absolute atomic E-state index is 0.152. The fourth-order valence-electron chi connectivity index (χ4n) is 3.49. The van der Waals surface area contributed by atoms with Crippen molar-refractivity contribution < 1.29 is 14.3 Å². The van der Waals surface area contributed by atoms with Gasteiger partial charge in [0.1, 0.15) is 11.3 Å². The molecule has 178 valence electrons. The summed E-state index contributed by atoms with van der Waals surface area (Å²) in [5.41, 5.74) is 2.88. The third-order valence-electron chi connectivity index (χ3n) is 5.20. The van der Waals surface area contributed by atoms with E-state index in [4.69, 9.17) is 4.74 Å². The molecule has 1 amide bonds. The smallest absolute Gasteiger partial charge is 0.331 e. The molecule has 34 heavy (non-hydrogen) atoms. The Bertz CT molecular complexity index is 1190. The van der Waals surface area contributed by atoms with Gasteiger partial charge in [0, 0.05) is 6.08 Å². The Kier molecular flexibility index (Phi) is 7.35. The van der Waals surface area contributed by atoms with Gasteiger partial charge >= 0.3 is 5.97 Å². The standard InChI is InChI=1S/C27H32N4O3/c1-19-11-10-12-20(15-16-25(33)34-26(2,3)4)22(19)17-24(32)28-27(5,6)23-18-31(30-29-23)21-13-8-7-9-14-21/h7-16,18H,17H2,1-6H3,(H,28,32)/b16-15+. The van der Waals surface area contributed by atoms with Crippen LogP contribution in [0.15, 0.2) is 60.8 Å². The van der Waals surface area contributed by atoms with Crippen LogP contribution in [0.1, 0.15) is 57.0 Å². The first-order valence-corrected chi connectivity index (χ1v) is 11.2. The SMILES string of the molecule is Cc1cccc(/C=C/C(=O)OC(C)(C)C)c1CC(=O)NC(C)(C)c1cn(-c2ccccc2)nn1. The van der Waals surface area contributed by atoms with E-state index in [1.807, 2.05) is 96.3 Å². The molecule has 7 nitrogen and oxygen atoms in total. The highest BCUT2D eigenvalue weighted by molar-refractivity contribution is 5.88. The Labute approximate surface area is 200 Å². The summed E-state index contributed by atoms with van der Waals surface area (Å²) in [6.45, 7) is 11.2. The third-order valence-corrected chi connectivity index (χ3v) is 5.20. The van der Waals surface area contributed by atoms with Crippen molar-refractivity contribution in [3.63, 3.8) is 0 Å². The number of ether oxygens (including phenoxy) is 1. The molecule has 0 fully saturated rings. The number of carbonyl (C=O) groups is 2. The van der Waals surface area contributed by atoms with Crippen LogP contribution < -0.4 is 5.32 Å². The van der Waals surface area contributed by atoms with Crippen LogP contribution in [0.5, 0.6) is 0 Å². The molecule has 0 saturated heterocycles. The lowest BCUT2D eigenvalue weighted by atomic mass is 9.96. The number of hydrogen-bond donors (Lipinski definition) is 1. The van der Waals surface area contributed by atoms with E-state index in [2.05, 4.69) is 15.6 Å². The summed E-state index contributed by atoms with van der Waals surface area (Å²) in [5.74, 6) is -0.576. The quantitative estimate of drug-likeness (QED) is 0.414. The fraction of sp³-hybridized carbons (Fsp3) is 0.333. The molecule has 0 saturated carbocycles. The first-order valence-electron chi connectivity index (χ1n) is 11.2. The topological polar surface area (TPSA) is 86.1 Å². The number of aromatic nitrogens is 3. The maximum atomic E-state index is 13.0. The number of para-hydroxylation sites is 1. The molecule has 2 aromatic carbocycles. The molecule has 1 aromatic heterocycles. The van der Waals surface area contributed by atoms with Crippen LogP contribution in [-0.4, -0.2) is 32.5 Å². The van der Waals surface area contributed by atoms with E-state index in [1.54, 1.807) is 10.8 Å².